The molecule has 4 heteroatoms. The number of rotatable bonds is 7. The molecular weight excluding hydrogens is 260 g/mol. The second kappa shape index (κ2) is 7.02. The van der Waals surface area contributed by atoms with Gasteiger partial charge < -0.3 is 5.32 Å². The molecule has 0 saturated heterocycles. The van der Waals surface area contributed by atoms with Gasteiger partial charge in [0.15, 0.2) is 0 Å². The van der Waals surface area contributed by atoms with Crippen molar-refractivity contribution in [3.05, 3.63) is 27.4 Å². The standard InChI is InChI=1S/C14H20N2S2/c1-3-5-12-13(9-15-7-4-2)18-14(16-12)11-6-8-17-10-11/h6,8,10,15H,3-5,7,9H2,1-2H3. The van der Waals surface area contributed by atoms with Crippen molar-refractivity contribution < 1.29 is 0 Å². The second-order valence-electron chi connectivity index (χ2n) is 4.33. The van der Waals surface area contributed by atoms with E-state index in [1.54, 1.807) is 11.3 Å². The van der Waals surface area contributed by atoms with Crippen LogP contribution in [0.3, 0.4) is 0 Å². The van der Waals surface area contributed by atoms with Crippen LogP contribution in [-0.2, 0) is 13.0 Å². The van der Waals surface area contributed by atoms with Crippen molar-refractivity contribution >= 4 is 22.7 Å². The third-order valence-corrected chi connectivity index (χ3v) is 4.58. The van der Waals surface area contributed by atoms with Gasteiger partial charge in [-0.05, 0) is 30.8 Å². The highest BCUT2D eigenvalue weighted by molar-refractivity contribution is 7.15. The normalized spacial score (nSPS) is 11.0. The average molecular weight is 280 g/mol. The number of thiophene rings is 1. The molecule has 18 heavy (non-hydrogen) atoms. The first-order valence-corrected chi connectivity index (χ1v) is 8.33. The van der Waals surface area contributed by atoms with Crippen LogP contribution in [0.15, 0.2) is 16.8 Å². The number of hydrogen-bond acceptors (Lipinski definition) is 4. The van der Waals surface area contributed by atoms with Crippen LogP contribution in [0.25, 0.3) is 10.6 Å². The second-order valence-corrected chi connectivity index (χ2v) is 6.19. The minimum atomic E-state index is 0.963. The maximum absolute atomic E-state index is 4.81. The third kappa shape index (κ3) is 3.40. The summed E-state index contributed by atoms with van der Waals surface area (Å²) in [6.45, 7) is 6.46. The van der Waals surface area contributed by atoms with Crippen LogP contribution >= 0.6 is 22.7 Å². The summed E-state index contributed by atoms with van der Waals surface area (Å²) in [5, 5.41) is 8.95. The van der Waals surface area contributed by atoms with Crippen LogP contribution in [-0.4, -0.2) is 11.5 Å². The van der Waals surface area contributed by atoms with Crippen LogP contribution < -0.4 is 5.32 Å². The molecule has 0 unspecified atom stereocenters. The molecular formula is C14H20N2S2. The number of nitrogens with one attached hydrogen (secondary N) is 1. The van der Waals surface area contributed by atoms with Crippen molar-refractivity contribution in [2.75, 3.05) is 6.54 Å². The molecule has 0 aromatic carbocycles. The van der Waals surface area contributed by atoms with Gasteiger partial charge in [-0.1, -0.05) is 20.3 Å². The number of hydrogen-bond donors (Lipinski definition) is 1. The smallest absolute Gasteiger partial charge is 0.124 e. The zero-order valence-electron chi connectivity index (χ0n) is 11.0. The van der Waals surface area contributed by atoms with E-state index < -0.39 is 0 Å². The highest BCUT2D eigenvalue weighted by Crippen LogP contribution is 2.30. The summed E-state index contributed by atoms with van der Waals surface area (Å²) in [5.74, 6) is 0. The lowest BCUT2D eigenvalue weighted by Gasteiger charge is -2.02. The molecule has 98 valence electrons. The van der Waals surface area contributed by atoms with Gasteiger partial charge in [0, 0.05) is 22.4 Å². The van der Waals surface area contributed by atoms with E-state index in [0.29, 0.717) is 0 Å². The molecule has 0 bridgehead atoms. The molecule has 0 radical (unpaired) electrons. The van der Waals surface area contributed by atoms with Crippen molar-refractivity contribution in [1.82, 2.24) is 10.3 Å². The Morgan fingerprint density at radius 1 is 1.28 bits per heavy atom. The Kier molecular flexibility index (Phi) is 5.35. The molecule has 1 N–H and O–H groups in total. The zero-order chi connectivity index (χ0) is 12.8. The topological polar surface area (TPSA) is 24.9 Å². The van der Waals surface area contributed by atoms with Gasteiger partial charge in [0.25, 0.3) is 0 Å². The Balaban J connectivity index is 2.15. The van der Waals surface area contributed by atoms with E-state index in [0.717, 1.165) is 25.9 Å². The van der Waals surface area contributed by atoms with E-state index in [4.69, 9.17) is 4.98 Å². The van der Waals surface area contributed by atoms with E-state index in [9.17, 15) is 0 Å². The quantitative estimate of drug-likeness (QED) is 0.764. The first-order chi connectivity index (χ1) is 8.85. The zero-order valence-corrected chi connectivity index (χ0v) is 12.7. The molecule has 0 spiro atoms. The predicted octanol–water partition coefficient (Wildman–Crippen LogP) is 4.32. The molecule has 0 aliphatic rings. The summed E-state index contributed by atoms with van der Waals surface area (Å²) in [5.41, 5.74) is 2.55. The van der Waals surface area contributed by atoms with Gasteiger partial charge in [0.2, 0.25) is 0 Å². The summed E-state index contributed by atoms with van der Waals surface area (Å²) in [6.07, 6.45) is 3.43. The summed E-state index contributed by atoms with van der Waals surface area (Å²) in [4.78, 5) is 6.22. The Labute approximate surface area is 117 Å². The average Bonchev–Trinajstić information content (AvgIpc) is 2.99. The fraction of sp³-hybridized carbons (Fsp3) is 0.500. The lowest BCUT2D eigenvalue weighted by atomic mass is 10.2. The van der Waals surface area contributed by atoms with Crippen LogP contribution in [0.5, 0.6) is 0 Å². The summed E-state index contributed by atoms with van der Waals surface area (Å²) < 4.78 is 0. The first kappa shape index (κ1) is 13.7. The first-order valence-electron chi connectivity index (χ1n) is 6.57. The largest absolute Gasteiger partial charge is 0.312 e. The van der Waals surface area contributed by atoms with E-state index in [-0.39, 0.29) is 0 Å². The predicted molar refractivity (Wildman–Crippen MR) is 81.4 cm³/mol. The molecule has 2 rings (SSSR count). The van der Waals surface area contributed by atoms with Crippen molar-refractivity contribution in [3.8, 4) is 10.6 Å². The molecule has 0 aliphatic heterocycles. The fourth-order valence-corrected chi connectivity index (χ4v) is 3.63. The fourth-order valence-electron chi connectivity index (χ4n) is 1.84. The van der Waals surface area contributed by atoms with Crippen molar-refractivity contribution in [2.45, 2.75) is 39.7 Å². The van der Waals surface area contributed by atoms with Crippen LogP contribution in [0.1, 0.15) is 37.3 Å². The molecule has 2 heterocycles. The van der Waals surface area contributed by atoms with Crippen LogP contribution in [0, 0.1) is 0 Å². The molecule has 2 aromatic rings. The van der Waals surface area contributed by atoms with Gasteiger partial charge in [-0.15, -0.1) is 11.3 Å². The summed E-state index contributed by atoms with van der Waals surface area (Å²) in [6, 6.07) is 2.16. The van der Waals surface area contributed by atoms with Crippen LogP contribution in [0.2, 0.25) is 0 Å². The van der Waals surface area contributed by atoms with E-state index in [1.165, 1.54) is 27.6 Å². The maximum atomic E-state index is 4.81. The van der Waals surface area contributed by atoms with E-state index in [1.807, 2.05) is 11.3 Å². The molecule has 0 aliphatic carbocycles. The lowest BCUT2D eigenvalue weighted by Crippen LogP contribution is -2.13. The molecule has 0 amide bonds. The van der Waals surface area contributed by atoms with Gasteiger partial charge in [-0.2, -0.15) is 11.3 Å². The Hall–Kier alpha value is -0.710. The number of aryl methyl sites for hydroxylation is 1. The van der Waals surface area contributed by atoms with Crippen molar-refractivity contribution in [2.24, 2.45) is 0 Å². The summed E-state index contributed by atoms with van der Waals surface area (Å²) in [7, 11) is 0. The SMILES string of the molecule is CCCNCc1sc(-c2ccsc2)nc1CCC. The molecule has 2 aromatic heterocycles. The van der Waals surface area contributed by atoms with Gasteiger partial charge in [0.1, 0.15) is 5.01 Å². The Morgan fingerprint density at radius 2 is 2.17 bits per heavy atom. The van der Waals surface area contributed by atoms with Gasteiger partial charge >= 0.3 is 0 Å². The van der Waals surface area contributed by atoms with E-state index >= 15 is 0 Å². The van der Waals surface area contributed by atoms with Gasteiger partial charge in [0.05, 0.1) is 5.69 Å². The Morgan fingerprint density at radius 3 is 2.83 bits per heavy atom. The number of thiazole rings is 1. The Bertz CT molecular complexity index is 460. The number of nitrogens with zero attached hydrogens (tertiary/aromatic N) is 1. The summed E-state index contributed by atoms with van der Waals surface area (Å²) >= 11 is 3.58. The van der Waals surface area contributed by atoms with Crippen molar-refractivity contribution in [3.63, 3.8) is 0 Å². The lowest BCUT2D eigenvalue weighted by molar-refractivity contribution is 0.674. The third-order valence-electron chi connectivity index (χ3n) is 2.75. The minimum Gasteiger partial charge on any atom is -0.312 e. The van der Waals surface area contributed by atoms with Gasteiger partial charge in [-0.3, -0.25) is 0 Å². The molecule has 0 atom stereocenters. The highest BCUT2D eigenvalue weighted by Gasteiger charge is 2.11. The molecule has 2 nitrogen and oxygen atoms in total. The monoisotopic (exact) mass is 280 g/mol. The van der Waals surface area contributed by atoms with E-state index in [2.05, 4.69) is 36.0 Å². The highest BCUT2D eigenvalue weighted by atomic mass is 32.1. The number of aromatic nitrogens is 1. The van der Waals surface area contributed by atoms with Crippen LogP contribution in [0.4, 0.5) is 0 Å². The minimum absolute atomic E-state index is 0.963. The maximum Gasteiger partial charge on any atom is 0.124 e. The molecule has 0 fully saturated rings. The molecule has 0 saturated carbocycles. The van der Waals surface area contributed by atoms with Crippen molar-refractivity contribution in [1.29, 1.82) is 0 Å². The van der Waals surface area contributed by atoms with Gasteiger partial charge in [-0.25, -0.2) is 4.98 Å².